The molecule has 0 heterocycles. The standard InChI is InChI=1S/C9H18O3S/c1-4-7(2)5-13-6-9(3,12)8(10)11/h7,12H,4-6H2,1-3H3,(H,10,11). The minimum atomic E-state index is -1.59. The van der Waals surface area contributed by atoms with E-state index in [0.29, 0.717) is 5.92 Å². The van der Waals surface area contributed by atoms with Crippen molar-refractivity contribution in [1.82, 2.24) is 0 Å². The minimum Gasteiger partial charge on any atom is -0.479 e. The van der Waals surface area contributed by atoms with Gasteiger partial charge in [0.2, 0.25) is 0 Å². The van der Waals surface area contributed by atoms with Gasteiger partial charge in [0.15, 0.2) is 5.60 Å². The van der Waals surface area contributed by atoms with Crippen LogP contribution in [0, 0.1) is 5.92 Å². The quantitative estimate of drug-likeness (QED) is 0.693. The summed E-state index contributed by atoms with van der Waals surface area (Å²) in [4.78, 5) is 10.5. The zero-order valence-electron chi connectivity index (χ0n) is 8.41. The normalized spacial score (nSPS) is 17.8. The molecule has 0 aromatic rings. The first-order valence-corrected chi connectivity index (χ1v) is 5.59. The molecule has 0 radical (unpaired) electrons. The van der Waals surface area contributed by atoms with Crippen LogP contribution in [-0.2, 0) is 4.79 Å². The first-order chi connectivity index (χ1) is 5.90. The van der Waals surface area contributed by atoms with Crippen molar-refractivity contribution in [2.75, 3.05) is 11.5 Å². The van der Waals surface area contributed by atoms with Crippen LogP contribution in [-0.4, -0.2) is 33.3 Å². The summed E-state index contributed by atoms with van der Waals surface area (Å²) < 4.78 is 0. The molecular formula is C9H18O3S. The monoisotopic (exact) mass is 206 g/mol. The van der Waals surface area contributed by atoms with Gasteiger partial charge >= 0.3 is 5.97 Å². The van der Waals surface area contributed by atoms with Gasteiger partial charge in [-0.25, -0.2) is 4.79 Å². The Hall–Kier alpha value is -0.220. The lowest BCUT2D eigenvalue weighted by Gasteiger charge is -2.18. The topological polar surface area (TPSA) is 57.5 Å². The molecule has 0 aliphatic carbocycles. The Labute approximate surface area is 83.5 Å². The smallest absolute Gasteiger partial charge is 0.336 e. The second-order valence-electron chi connectivity index (χ2n) is 3.61. The Morgan fingerprint density at radius 3 is 2.54 bits per heavy atom. The van der Waals surface area contributed by atoms with Crippen molar-refractivity contribution in [3.8, 4) is 0 Å². The summed E-state index contributed by atoms with van der Waals surface area (Å²) in [6.45, 7) is 5.54. The van der Waals surface area contributed by atoms with Gasteiger partial charge in [-0.15, -0.1) is 0 Å². The summed E-state index contributed by atoms with van der Waals surface area (Å²) in [5.74, 6) is 0.589. The SMILES string of the molecule is CCC(C)CSCC(C)(O)C(=O)O. The summed E-state index contributed by atoms with van der Waals surface area (Å²) in [7, 11) is 0. The molecule has 0 saturated heterocycles. The van der Waals surface area contributed by atoms with E-state index in [1.54, 1.807) is 0 Å². The van der Waals surface area contributed by atoms with Gasteiger partial charge in [-0.05, 0) is 18.6 Å². The molecule has 0 aromatic carbocycles. The molecule has 0 bridgehead atoms. The highest BCUT2D eigenvalue weighted by atomic mass is 32.2. The van der Waals surface area contributed by atoms with Crippen molar-refractivity contribution >= 4 is 17.7 Å². The number of aliphatic hydroxyl groups is 1. The predicted molar refractivity (Wildman–Crippen MR) is 55.0 cm³/mol. The van der Waals surface area contributed by atoms with Gasteiger partial charge in [-0.2, -0.15) is 11.8 Å². The van der Waals surface area contributed by atoms with Crippen molar-refractivity contribution in [2.24, 2.45) is 5.92 Å². The summed E-state index contributed by atoms with van der Waals surface area (Å²) in [5.41, 5.74) is -1.59. The van der Waals surface area contributed by atoms with E-state index in [9.17, 15) is 9.90 Å². The van der Waals surface area contributed by atoms with E-state index < -0.39 is 11.6 Å². The fourth-order valence-electron chi connectivity index (χ4n) is 0.638. The summed E-state index contributed by atoms with van der Waals surface area (Å²) in [6.07, 6.45) is 1.09. The second-order valence-corrected chi connectivity index (χ2v) is 4.64. The van der Waals surface area contributed by atoms with Crippen LogP contribution >= 0.6 is 11.8 Å². The molecular weight excluding hydrogens is 188 g/mol. The van der Waals surface area contributed by atoms with E-state index in [2.05, 4.69) is 13.8 Å². The van der Waals surface area contributed by atoms with Crippen molar-refractivity contribution in [1.29, 1.82) is 0 Å². The first kappa shape index (κ1) is 12.8. The minimum absolute atomic E-state index is 0.257. The van der Waals surface area contributed by atoms with Crippen LogP contribution in [0.3, 0.4) is 0 Å². The number of hydrogen-bond donors (Lipinski definition) is 2. The third-order valence-corrected chi connectivity index (χ3v) is 3.51. The Bertz CT molecular complexity index is 168. The maximum absolute atomic E-state index is 10.5. The van der Waals surface area contributed by atoms with Gasteiger partial charge in [-0.3, -0.25) is 0 Å². The van der Waals surface area contributed by atoms with Crippen LogP contribution in [0.1, 0.15) is 27.2 Å². The number of carboxylic acid groups (broad SMARTS) is 1. The van der Waals surface area contributed by atoms with Crippen molar-refractivity contribution in [2.45, 2.75) is 32.8 Å². The molecule has 2 unspecified atom stereocenters. The highest BCUT2D eigenvalue weighted by Gasteiger charge is 2.29. The average Bonchev–Trinajstić information content (AvgIpc) is 2.03. The van der Waals surface area contributed by atoms with Crippen LogP contribution in [0.15, 0.2) is 0 Å². The van der Waals surface area contributed by atoms with E-state index in [0.717, 1.165) is 12.2 Å². The van der Waals surface area contributed by atoms with Gasteiger partial charge in [0.05, 0.1) is 0 Å². The van der Waals surface area contributed by atoms with Crippen LogP contribution in [0.25, 0.3) is 0 Å². The molecule has 78 valence electrons. The molecule has 13 heavy (non-hydrogen) atoms. The summed E-state index contributed by atoms with van der Waals surface area (Å²) >= 11 is 1.49. The van der Waals surface area contributed by atoms with Crippen molar-refractivity contribution < 1.29 is 15.0 Å². The zero-order valence-corrected chi connectivity index (χ0v) is 9.23. The molecule has 0 fully saturated rings. The molecule has 0 amide bonds. The van der Waals surface area contributed by atoms with Gasteiger partial charge < -0.3 is 10.2 Å². The number of thioether (sulfide) groups is 1. The molecule has 0 aliphatic rings. The summed E-state index contributed by atoms with van der Waals surface area (Å²) in [6, 6.07) is 0. The molecule has 0 saturated carbocycles. The van der Waals surface area contributed by atoms with E-state index in [1.165, 1.54) is 18.7 Å². The molecule has 4 heteroatoms. The molecule has 0 aromatic heterocycles. The van der Waals surface area contributed by atoms with Gasteiger partial charge in [-0.1, -0.05) is 20.3 Å². The van der Waals surface area contributed by atoms with E-state index in [-0.39, 0.29) is 5.75 Å². The third-order valence-electron chi connectivity index (χ3n) is 1.94. The Balaban J connectivity index is 3.70. The molecule has 0 aliphatic heterocycles. The molecule has 0 spiro atoms. The number of carboxylic acids is 1. The van der Waals surface area contributed by atoms with E-state index in [1.807, 2.05) is 0 Å². The number of carbonyl (C=O) groups is 1. The van der Waals surface area contributed by atoms with Crippen LogP contribution in [0.4, 0.5) is 0 Å². The Morgan fingerprint density at radius 1 is 1.62 bits per heavy atom. The van der Waals surface area contributed by atoms with Crippen LogP contribution in [0.2, 0.25) is 0 Å². The van der Waals surface area contributed by atoms with Gasteiger partial charge in [0.1, 0.15) is 0 Å². The molecule has 2 atom stereocenters. The molecule has 3 nitrogen and oxygen atoms in total. The van der Waals surface area contributed by atoms with Crippen molar-refractivity contribution in [3.63, 3.8) is 0 Å². The lowest BCUT2D eigenvalue weighted by atomic mass is 10.1. The number of rotatable bonds is 6. The van der Waals surface area contributed by atoms with Crippen LogP contribution in [0.5, 0.6) is 0 Å². The highest BCUT2D eigenvalue weighted by molar-refractivity contribution is 7.99. The Kier molecular flexibility index (Phi) is 5.40. The predicted octanol–water partition coefficient (Wildman–Crippen LogP) is 1.60. The largest absolute Gasteiger partial charge is 0.479 e. The maximum Gasteiger partial charge on any atom is 0.336 e. The van der Waals surface area contributed by atoms with Crippen molar-refractivity contribution in [3.05, 3.63) is 0 Å². The van der Waals surface area contributed by atoms with E-state index in [4.69, 9.17) is 5.11 Å². The second kappa shape index (κ2) is 5.50. The molecule has 0 rings (SSSR count). The highest BCUT2D eigenvalue weighted by Crippen LogP contribution is 2.17. The number of aliphatic carboxylic acids is 1. The molecule has 2 N–H and O–H groups in total. The zero-order chi connectivity index (χ0) is 10.5. The number of hydrogen-bond acceptors (Lipinski definition) is 3. The Morgan fingerprint density at radius 2 is 2.15 bits per heavy atom. The lowest BCUT2D eigenvalue weighted by molar-refractivity contribution is -0.154. The van der Waals surface area contributed by atoms with Gasteiger partial charge in [0, 0.05) is 5.75 Å². The van der Waals surface area contributed by atoms with E-state index >= 15 is 0 Å². The van der Waals surface area contributed by atoms with Gasteiger partial charge in [0.25, 0.3) is 0 Å². The fourth-order valence-corrected chi connectivity index (χ4v) is 1.92. The maximum atomic E-state index is 10.5. The summed E-state index contributed by atoms with van der Waals surface area (Å²) in [5, 5.41) is 18.0. The average molecular weight is 206 g/mol. The first-order valence-electron chi connectivity index (χ1n) is 4.43. The third kappa shape index (κ3) is 5.16. The lowest BCUT2D eigenvalue weighted by Crippen LogP contribution is -2.37. The fraction of sp³-hybridized carbons (Fsp3) is 0.889. The van der Waals surface area contributed by atoms with Crippen LogP contribution < -0.4 is 0 Å².